The van der Waals surface area contributed by atoms with Crippen LogP contribution in [0.4, 0.5) is 0 Å². The third kappa shape index (κ3) is 3.59. The van der Waals surface area contributed by atoms with Gasteiger partial charge in [0.15, 0.2) is 0 Å². The number of halogens is 2. The zero-order valence-electron chi connectivity index (χ0n) is 9.63. The molecule has 0 aromatic heterocycles. The van der Waals surface area contributed by atoms with Gasteiger partial charge in [0.05, 0.1) is 16.1 Å². The Morgan fingerprint density at radius 2 is 1.88 bits per heavy atom. The summed E-state index contributed by atoms with van der Waals surface area (Å²) in [5.41, 5.74) is 1.03. The van der Waals surface area contributed by atoms with Gasteiger partial charge in [-0.25, -0.2) is 0 Å². The maximum atomic E-state index is 9.43. The number of aliphatic hydroxyl groups is 1. The highest BCUT2D eigenvalue weighted by molar-refractivity contribution is 6.42. The fourth-order valence-corrected chi connectivity index (χ4v) is 2.61. The van der Waals surface area contributed by atoms with Crippen LogP contribution in [0.15, 0.2) is 18.2 Å². The van der Waals surface area contributed by atoms with E-state index in [4.69, 9.17) is 23.2 Å². The normalized spacial score (nSPS) is 24.9. The van der Waals surface area contributed by atoms with Crippen molar-refractivity contribution in [2.45, 2.75) is 44.4 Å². The third-order valence-corrected chi connectivity index (χ3v) is 4.17. The van der Waals surface area contributed by atoms with Gasteiger partial charge in [0.1, 0.15) is 0 Å². The molecule has 1 aromatic carbocycles. The molecule has 1 aromatic rings. The fourth-order valence-electron chi connectivity index (χ4n) is 2.22. The number of hydrogen-bond acceptors (Lipinski definition) is 2. The first-order chi connectivity index (χ1) is 8.16. The van der Waals surface area contributed by atoms with Gasteiger partial charge in [0.25, 0.3) is 0 Å². The van der Waals surface area contributed by atoms with E-state index in [2.05, 4.69) is 5.32 Å². The third-order valence-electron chi connectivity index (χ3n) is 3.31. The molecule has 17 heavy (non-hydrogen) atoms. The Hall–Kier alpha value is -0.280. The predicted molar refractivity (Wildman–Crippen MR) is 71.6 cm³/mol. The molecule has 2 nitrogen and oxygen atoms in total. The number of nitrogens with one attached hydrogen (secondary N) is 1. The van der Waals surface area contributed by atoms with Crippen LogP contribution in [0.25, 0.3) is 0 Å². The quantitative estimate of drug-likeness (QED) is 0.885. The summed E-state index contributed by atoms with van der Waals surface area (Å²) >= 11 is 12.1. The first kappa shape index (κ1) is 13.2. The molecule has 0 bridgehead atoms. The summed E-state index contributed by atoms with van der Waals surface area (Å²) in [4.78, 5) is 0. The molecule has 1 saturated carbocycles. The molecule has 2 rings (SSSR count). The Bertz CT molecular complexity index is 376. The van der Waals surface area contributed by atoms with E-state index in [0.29, 0.717) is 16.1 Å². The van der Waals surface area contributed by atoms with E-state index in [0.717, 1.165) is 37.8 Å². The second-order valence-electron chi connectivity index (χ2n) is 4.60. The molecule has 0 radical (unpaired) electrons. The first-order valence-corrected chi connectivity index (χ1v) is 6.76. The summed E-state index contributed by atoms with van der Waals surface area (Å²) in [5, 5.41) is 14.1. The molecular formula is C13H17Cl2NO. The molecule has 0 spiro atoms. The first-order valence-electron chi connectivity index (χ1n) is 6.01. The van der Waals surface area contributed by atoms with Crippen molar-refractivity contribution in [3.05, 3.63) is 33.8 Å². The van der Waals surface area contributed by atoms with Gasteiger partial charge in [0, 0.05) is 12.6 Å². The van der Waals surface area contributed by atoms with Crippen LogP contribution in [0.2, 0.25) is 10.0 Å². The molecule has 0 unspecified atom stereocenters. The summed E-state index contributed by atoms with van der Waals surface area (Å²) in [5.74, 6) is 0. The standard InChI is InChI=1S/C13H17Cl2NO/c14-12-3-1-2-9(13(12)15)8-16-10-4-6-11(17)7-5-10/h1-3,10-11,16-17H,4-8H2. The lowest BCUT2D eigenvalue weighted by Gasteiger charge is -2.26. The minimum atomic E-state index is -0.109. The van der Waals surface area contributed by atoms with Crippen molar-refractivity contribution < 1.29 is 5.11 Å². The number of rotatable bonds is 3. The summed E-state index contributed by atoms with van der Waals surface area (Å²) in [6.45, 7) is 0.736. The number of hydrogen-bond donors (Lipinski definition) is 2. The lowest BCUT2D eigenvalue weighted by Crippen LogP contribution is -2.34. The smallest absolute Gasteiger partial charge is 0.0637 e. The molecule has 1 aliphatic carbocycles. The SMILES string of the molecule is OC1CCC(NCc2cccc(Cl)c2Cl)CC1. The van der Waals surface area contributed by atoms with Crippen LogP contribution in [-0.4, -0.2) is 17.3 Å². The second-order valence-corrected chi connectivity index (χ2v) is 5.38. The van der Waals surface area contributed by atoms with Gasteiger partial charge < -0.3 is 10.4 Å². The molecule has 1 fully saturated rings. The number of benzene rings is 1. The van der Waals surface area contributed by atoms with Gasteiger partial charge >= 0.3 is 0 Å². The highest BCUT2D eigenvalue weighted by Gasteiger charge is 2.18. The van der Waals surface area contributed by atoms with Crippen molar-refractivity contribution in [2.75, 3.05) is 0 Å². The molecule has 0 heterocycles. The highest BCUT2D eigenvalue weighted by Crippen LogP contribution is 2.26. The lowest BCUT2D eigenvalue weighted by molar-refractivity contribution is 0.116. The molecule has 0 atom stereocenters. The van der Waals surface area contributed by atoms with Crippen LogP contribution in [0.1, 0.15) is 31.2 Å². The maximum absolute atomic E-state index is 9.43. The Kier molecular flexibility index (Phi) is 4.69. The van der Waals surface area contributed by atoms with E-state index < -0.39 is 0 Å². The van der Waals surface area contributed by atoms with Gasteiger partial charge in [-0.2, -0.15) is 0 Å². The van der Waals surface area contributed by atoms with Crippen molar-refractivity contribution in [3.63, 3.8) is 0 Å². The largest absolute Gasteiger partial charge is 0.393 e. The molecule has 2 N–H and O–H groups in total. The molecule has 0 amide bonds. The van der Waals surface area contributed by atoms with Crippen LogP contribution in [-0.2, 0) is 6.54 Å². The van der Waals surface area contributed by atoms with Crippen molar-refractivity contribution in [1.82, 2.24) is 5.32 Å². The van der Waals surface area contributed by atoms with E-state index in [9.17, 15) is 5.11 Å². The molecular weight excluding hydrogens is 257 g/mol. The minimum absolute atomic E-state index is 0.109. The fraction of sp³-hybridized carbons (Fsp3) is 0.538. The van der Waals surface area contributed by atoms with Gasteiger partial charge in [-0.05, 0) is 37.3 Å². The van der Waals surface area contributed by atoms with E-state index in [-0.39, 0.29) is 6.10 Å². The van der Waals surface area contributed by atoms with Crippen molar-refractivity contribution in [2.24, 2.45) is 0 Å². The van der Waals surface area contributed by atoms with Crippen LogP contribution >= 0.6 is 23.2 Å². The van der Waals surface area contributed by atoms with E-state index in [1.165, 1.54) is 0 Å². The molecule has 4 heteroatoms. The second kappa shape index (κ2) is 6.05. The van der Waals surface area contributed by atoms with E-state index >= 15 is 0 Å². The van der Waals surface area contributed by atoms with Gasteiger partial charge in [0.2, 0.25) is 0 Å². The Morgan fingerprint density at radius 3 is 2.59 bits per heavy atom. The monoisotopic (exact) mass is 273 g/mol. The summed E-state index contributed by atoms with van der Waals surface area (Å²) in [7, 11) is 0. The van der Waals surface area contributed by atoms with Gasteiger partial charge in [-0.1, -0.05) is 35.3 Å². The van der Waals surface area contributed by atoms with Crippen LogP contribution in [0.3, 0.4) is 0 Å². The molecule has 1 aliphatic rings. The highest BCUT2D eigenvalue weighted by atomic mass is 35.5. The van der Waals surface area contributed by atoms with Gasteiger partial charge in [-0.3, -0.25) is 0 Å². The Morgan fingerprint density at radius 1 is 1.18 bits per heavy atom. The lowest BCUT2D eigenvalue weighted by atomic mass is 9.93. The number of aliphatic hydroxyl groups excluding tert-OH is 1. The van der Waals surface area contributed by atoms with Crippen molar-refractivity contribution in [1.29, 1.82) is 0 Å². The van der Waals surface area contributed by atoms with Crippen LogP contribution in [0, 0.1) is 0 Å². The topological polar surface area (TPSA) is 32.3 Å². The molecule has 0 saturated heterocycles. The summed E-state index contributed by atoms with van der Waals surface area (Å²) in [6, 6.07) is 6.17. The van der Waals surface area contributed by atoms with Crippen LogP contribution < -0.4 is 5.32 Å². The molecule has 0 aliphatic heterocycles. The zero-order chi connectivity index (χ0) is 12.3. The Balaban J connectivity index is 1.87. The predicted octanol–water partition coefficient (Wildman–Crippen LogP) is 3.39. The average Bonchev–Trinajstić information content (AvgIpc) is 2.33. The average molecular weight is 274 g/mol. The summed E-state index contributed by atoms with van der Waals surface area (Å²) < 4.78 is 0. The molecule has 94 valence electrons. The van der Waals surface area contributed by atoms with Gasteiger partial charge in [-0.15, -0.1) is 0 Å². The van der Waals surface area contributed by atoms with E-state index in [1.807, 2.05) is 12.1 Å². The summed E-state index contributed by atoms with van der Waals surface area (Å²) in [6.07, 6.45) is 3.73. The minimum Gasteiger partial charge on any atom is -0.393 e. The zero-order valence-corrected chi connectivity index (χ0v) is 11.1. The van der Waals surface area contributed by atoms with Crippen LogP contribution in [0.5, 0.6) is 0 Å². The van der Waals surface area contributed by atoms with E-state index in [1.54, 1.807) is 6.07 Å². The van der Waals surface area contributed by atoms with Crippen molar-refractivity contribution in [3.8, 4) is 0 Å². The Labute approximate surface area is 112 Å². The maximum Gasteiger partial charge on any atom is 0.0637 e. The van der Waals surface area contributed by atoms with Crippen molar-refractivity contribution >= 4 is 23.2 Å².